The Morgan fingerprint density at radius 2 is 2.17 bits per heavy atom. The Hall–Kier alpha value is -2.19. The molecule has 2 aromatic rings. The fraction of sp³-hybridized carbons (Fsp3) is 0.533. The molecule has 1 unspecified atom stereocenters. The van der Waals surface area contributed by atoms with Crippen molar-refractivity contribution in [1.82, 2.24) is 20.2 Å². The second-order valence-corrected chi connectivity index (χ2v) is 4.97. The van der Waals surface area contributed by atoms with Gasteiger partial charge in [-0.3, -0.25) is 10.1 Å². The monoisotopic (exact) mass is 321 g/mol. The minimum Gasteiger partial charge on any atom is -0.474 e. The topological polar surface area (TPSA) is 105 Å². The number of aliphatic hydroxyl groups is 1. The largest absolute Gasteiger partial charge is 0.474 e. The van der Waals surface area contributed by atoms with Crippen LogP contribution in [0.2, 0.25) is 0 Å². The maximum atomic E-state index is 9.19. The second kappa shape index (κ2) is 8.44. The Kier molecular flexibility index (Phi) is 6.30. The van der Waals surface area contributed by atoms with E-state index in [9.17, 15) is 5.11 Å². The van der Waals surface area contributed by atoms with Crippen LogP contribution < -0.4 is 10.1 Å². The highest BCUT2D eigenvalue weighted by atomic mass is 16.5. The summed E-state index contributed by atoms with van der Waals surface area (Å²) in [5.41, 5.74) is 1.04. The van der Waals surface area contributed by atoms with Gasteiger partial charge in [0.2, 0.25) is 5.88 Å². The SMILES string of the molecule is CC.CC(O)COc1cncc(Nc2cc(C3COC3)[nH]n2)n1. The van der Waals surface area contributed by atoms with E-state index in [0.717, 1.165) is 18.9 Å². The average Bonchev–Trinajstić information content (AvgIpc) is 2.94. The van der Waals surface area contributed by atoms with Crippen LogP contribution in [0.25, 0.3) is 0 Å². The van der Waals surface area contributed by atoms with E-state index in [2.05, 4.69) is 25.5 Å². The molecule has 23 heavy (non-hydrogen) atoms. The molecule has 1 fully saturated rings. The molecule has 3 rings (SSSR count). The zero-order valence-electron chi connectivity index (χ0n) is 13.6. The highest BCUT2D eigenvalue weighted by molar-refractivity contribution is 5.51. The zero-order valence-corrected chi connectivity index (χ0v) is 13.6. The maximum absolute atomic E-state index is 9.19. The van der Waals surface area contributed by atoms with Gasteiger partial charge in [-0.2, -0.15) is 10.1 Å². The van der Waals surface area contributed by atoms with E-state index in [1.165, 1.54) is 6.20 Å². The third-order valence-corrected chi connectivity index (χ3v) is 3.02. The summed E-state index contributed by atoms with van der Waals surface area (Å²) < 4.78 is 10.5. The molecule has 8 heteroatoms. The van der Waals surface area contributed by atoms with Gasteiger partial charge in [0.25, 0.3) is 0 Å². The molecule has 0 aromatic carbocycles. The summed E-state index contributed by atoms with van der Waals surface area (Å²) in [4.78, 5) is 8.28. The number of aliphatic hydroxyl groups excluding tert-OH is 1. The van der Waals surface area contributed by atoms with Crippen LogP contribution in [0.5, 0.6) is 5.88 Å². The molecule has 1 saturated heterocycles. The standard InChI is InChI=1S/C13H17N5O3.C2H6/c1-8(19)5-21-13-4-14-3-12(16-13)15-11-2-10(17-18-11)9-6-20-7-9;1-2/h2-4,8-9,19H,5-7H2,1H3,(H2,15,16,17,18);1-2H3. The molecule has 0 spiro atoms. The van der Waals surface area contributed by atoms with Gasteiger partial charge in [-0.1, -0.05) is 13.8 Å². The van der Waals surface area contributed by atoms with E-state index >= 15 is 0 Å². The Morgan fingerprint density at radius 1 is 1.39 bits per heavy atom. The van der Waals surface area contributed by atoms with Gasteiger partial charge in [-0.25, -0.2) is 0 Å². The fourth-order valence-electron chi connectivity index (χ4n) is 1.84. The van der Waals surface area contributed by atoms with Crippen LogP contribution in [0.1, 0.15) is 32.4 Å². The molecule has 3 heterocycles. The quantitative estimate of drug-likeness (QED) is 0.745. The summed E-state index contributed by atoms with van der Waals surface area (Å²) >= 11 is 0. The molecule has 0 amide bonds. The van der Waals surface area contributed by atoms with E-state index in [1.807, 2.05) is 19.9 Å². The number of nitrogens with zero attached hydrogens (tertiary/aromatic N) is 3. The van der Waals surface area contributed by atoms with Crippen molar-refractivity contribution < 1.29 is 14.6 Å². The molecule has 1 aliphatic rings. The minimum atomic E-state index is -0.554. The summed E-state index contributed by atoms with van der Waals surface area (Å²) in [6.45, 7) is 7.27. The molecule has 0 bridgehead atoms. The van der Waals surface area contributed by atoms with Gasteiger partial charge in [0, 0.05) is 17.7 Å². The number of aromatic amines is 1. The number of nitrogens with one attached hydrogen (secondary N) is 2. The first-order valence-corrected chi connectivity index (χ1v) is 7.73. The smallest absolute Gasteiger partial charge is 0.234 e. The lowest BCUT2D eigenvalue weighted by atomic mass is 10.0. The molecular weight excluding hydrogens is 298 g/mol. The van der Waals surface area contributed by atoms with Crippen molar-refractivity contribution in [3.63, 3.8) is 0 Å². The van der Waals surface area contributed by atoms with Gasteiger partial charge >= 0.3 is 0 Å². The normalized spacial score (nSPS) is 15.1. The molecule has 0 aliphatic carbocycles. The van der Waals surface area contributed by atoms with Gasteiger partial charge in [0.1, 0.15) is 6.61 Å². The molecule has 0 saturated carbocycles. The van der Waals surface area contributed by atoms with Crippen molar-refractivity contribution in [2.24, 2.45) is 0 Å². The van der Waals surface area contributed by atoms with Crippen LogP contribution in [0.15, 0.2) is 18.5 Å². The van der Waals surface area contributed by atoms with E-state index in [0.29, 0.717) is 23.4 Å². The number of anilines is 2. The summed E-state index contributed by atoms with van der Waals surface area (Å²) in [6, 6.07) is 1.93. The number of hydrogen-bond acceptors (Lipinski definition) is 7. The van der Waals surface area contributed by atoms with Crippen molar-refractivity contribution in [2.45, 2.75) is 32.8 Å². The minimum absolute atomic E-state index is 0.173. The number of rotatable bonds is 6. The molecule has 1 atom stereocenters. The van der Waals surface area contributed by atoms with Gasteiger partial charge < -0.3 is 19.9 Å². The predicted octanol–water partition coefficient (Wildman–Crippen LogP) is 1.84. The van der Waals surface area contributed by atoms with Crippen LogP contribution in [-0.4, -0.2) is 51.2 Å². The Labute approximate surface area is 135 Å². The Balaban J connectivity index is 0.000000924. The van der Waals surface area contributed by atoms with Crippen molar-refractivity contribution in [1.29, 1.82) is 0 Å². The molecule has 8 nitrogen and oxygen atoms in total. The molecular formula is C15H23N5O3. The molecule has 3 N–H and O–H groups in total. The highest BCUT2D eigenvalue weighted by Gasteiger charge is 2.22. The van der Waals surface area contributed by atoms with Crippen LogP contribution >= 0.6 is 0 Å². The number of H-pyrrole nitrogens is 1. The molecule has 0 radical (unpaired) electrons. The third kappa shape index (κ3) is 4.90. The number of ether oxygens (including phenoxy) is 2. The zero-order chi connectivity index (χ0) is 16.7. The van der Waals surface area contributed by atoms with Gasteiger partial charge in [0.05, 0.1) is 31.7 Å². The molecule has 1 aliphatic heterocycles. The van der Waals surface area contributed by atoms with Crippen molar-refractivity contribution in [3.8, 4) is 5.88 Å². The lowest BCUT2D eigenvalue weighted by Crippen LogP contribution is -2.25. The van der Waals surface area contributed by atoms with Crippen LogP contribution in [0.4, 0.5) is 11.6 Å². The lowest BCUT2D eigenvalue weighted by molar-refractivity contribution is 0.00670. The van der Waals surface area contributed by atoms with Crippen LogP contribution in [-0.2, 0) is 4.74 Å². The first-order chi connectivity index (χ1) is 11.2. The molecule has 126 valence electrons. The van der Waals surface area contributed by atoms with Gasteiger partial charge in [-0.05, 0) is 6.92 Å². The summed E-state index contributed by atoms with van der Waals surface area (Å²) in [5.74, 6) is 1.93. The Bertz CT molecular complexity index is 598. The summed E-state index contributed by atoms with van der Waals surface area (Å²) in [7, 11) is 0. The van der Waals surface area contributed by atoms with Crippen LogP contribution in [0, 0.1) is 0 Å². The summed E-state index contributed by atoms with van der Waals surface area (Å²) in [5, 5.41) is 19.4. The lowest BCUT2D eigenvalue weighted by Gasteiger charge is -2.24. The van der Waals surface area contributed by atoms with Crippen LogP contribution in [0.3, 0.4) is 0 Å². The van der Waals surface area contributed by atoms with Gasteiger partial charge in [-0.15, -0.1) is 0 Å². The Morgan fingerprint density at radius 3 is 2.83 bits per heavy atom. The van der Waals surface area contributed by atoms with Crippen molar-refractivity contribution >= 4 is 11.6 Å². The van der Waals surface area contributed by atoms with E-state index in [-0.39, 0.29) is 6.61 Å². The van der Waals surface area contributed by atoms with Gasteiger partial charge in [0.15, 0.2) is 11.6 Å². The van der Waals surface area contributed by atoms with Crippen molar-refractivity contribution in [3.05, 3.63) is 24.2 Å². The second-order valence-electron chi connectivity index (χ2n) is 4.97. The number of aromatic nitrogens is 4. The third-order valence-electron chi connectivity index (χ3n) is 3.02. The number of hydrogen-bond donors (Lipinski definition) is 3. The fourth-order valence-corrected chi connectivity index (χ4v) is 1.84. The highest BCUT2D eigenvalue weighted by Crippen LogP contribution is 2.24. The maximum Gasteiger partial charge on any atom is 0.234 e. The first kappa shape index (κ1) is 17.2. The average molecular weight is 321 g/mol. The molecule has 2 aromatic heterocycles. The summed E-state index contributed by atoms with van der Waals surface area (Å²) in [6.07, 6.45) is 2.52. The van der Waals surface area contributed by atoms with E-state index in [4.69, 9.17) is 9.47 Å². The van der Waals surface area contributed by atoms with Crippen molar-refractivity contribution in [2.75, 3.05) is 25.1 Å². The first-order valence-electron chi connectivity index (χ1n) is 7.73. The predicted molar refractivity (Wildman–Crippen MR) is 86.0 cm³/mol. The van der Waals surface area contributed by atoms with E-state index < -0.39 is 6.10 Å². The van der Waals surface area contributed by atoms with E-state index in [1.54, 1.807) is 13.1 Å².